The lowest BCUT2D eigenvalue weighted by molar-refractivity contribution is -0.143. The molecule has 10 nitrogen and oxygen atoms in total. The molecule has 3 fully saturated rings. The van der Waals surface area contributed by atoms with Crippen molar-refractivity contribution < 1.29 is 43.0 Å². The molecular weight excluding hydrogens is 648 g/mol. The molecule has 2 heterocycles. The lowest BCUT2D eigenvalue weighted by Crippen LogP contribution is -2.53. The van der Waals surface area contributed by atoms with Crippen molar-refractivity contribution >= 4 is 46.9 Å². The Labute approximate surface area is 277 Å². The van der Waals surface area contributed by atoms with E-state index in [-0.39, 0.29) is 30.6 Å². The zero-order valence-corrected chi connectivity index (χ0v) is 25.9. The van der Waals surface area contributed by atoms with Gasteiger partial charge in [0, 0.05) is 23.0 Å². The van der Waals surface area contributed by atoms with Crippen LogP contribution >= 0.6 is 11.6 Å². The molecule has 6 atom stereocenters. The third kappa shape index (κ3) is 4.61. The first-order valence-electron chi connectivity index (χ1n) is 15.4. The molecule has 7 rings (SSSR count). The number of phenolic OH excluding ortho intramolecular Hbond substituents is 1. The van der Waals surface area contributed by atoms with Gasteiger partial charge in [0.25, 0.3) is 11.8 Å². The molecule has 3 N–H and O–H groups in total. The van der Waals surface area contributed by atoms with E-state index >= 15 is 4.39 Å². The molecule has 13 heteroatoms. The van der Waals surface area contributed by atoms with Gasteiger partial charge >= 0.3 is 5.97 Å². The molecule has 0 aromatic heterocycles. The summed E-state index contributed by atoms with van der Waals surface area (Å²) in [6.07, 6.45) is 1.29. The topological polar surface area (TPSA) is 144 Å². The van der Waals surface area contributed by atoms with Crippen LogP contribution in [-0.4, -0.2) is 56.3 Å². The van der Waals surface area contributed by atoms with Crippen LogP contribution in [0, 0.1) is 35.3 Å². The smallest absolute Gasteiger partial charge is 0.305 e. The summed E-state index contributed by atoms with van der Waals surface area (Å²) in [7, 11) is 0. The van der Waals surface area contributed by atoms with E-state index in [0.29, 0.717) is 16.2 Å². The van der Waals surface area contributed by atoms with Crippen LogP contribution in [-0.2, 0) is 29.4 Å². The number of nitrogens with one attached hydrogen (secondary N) is 1. The van der Waals surface area contributed by atoms with Crippen molar-refractivity contribution in [3.8, 4) is 5.75 Å². The highest BCUT2D eigenvalue weighted by atomic mass is 35.5. The van der Waals surface area contributed by atoms with Crippen LogP contribution < -0.4 is 5.43 Å². The molecule has 48 heavy (non-hydrogen) atoms. The highest BCUT2D eigenvalue weighted by molar-refractivity contribution is 6.30. The van der Waals surface area contributed by atoms with Crippen molar-refractivity contribution in [2.24, 2.45) is 23.7 Å². The van der Waals surface area contributed by atoms with Gasteiger partial charge in [-0.1, -0.05) is 47.5 Å². The number of anilines is 1. The Hall–Kier alpha value is -5.10. The Kier molecular flexibility index (Phi) is 7.58. The molecular formula is C35H28ClF2N3O7. The number of carboxylic acid groups (broad SMARTS) is 1. The van der Waals surface area contributed by atoms with Crippen LogP contribution in [0.4, 0.5) is 14.5 Å². The number of allylic oxidation sites excluding steroid dienone is 2. The third-order valence-electron chi connectivity index (χ3n) is 10.2. The summed E-state index contributed by atoms with van der Waals surface area (Å²) in [6, 6.07) is 15.2. The van der Waals surface area contributed by atoms with E-state index in [9.17, 15) is 38.6 Å². The first-order valence-corrected chi connectivity index (χ1v) is 15.7. The SMILES string of the molecule is O=C(O)CCN1C(=O)[C@H]2[C@H](CC=C3[C@H]2C[C@H]2C(=O)N(Nc4ccc(F)cc4)C(=O)[C@@]2(c2ccc(Cl)cc2)[C@H]3c2cccc(F)c2O)C1=O. The number of hydrazine groups is 1. The molecule has 1 saturated carbocycles. The number of carboxylic acids is 1. The number of hydrogen-bond donors (Lipinski definition) is 3. The third-order valence-corrected chi connectivity index (χ3v) is 10.5. The second kappa shape index (κ2) is 11.6. The Morgan fingerprint density at radius 2 is 1.65 bits per heavy atom. The molecule has 0 bridgehead atoms. The van der Waals surface area contributed by atoms with Gasteiger partial charge in [0.2, 0.25) is 11.8 Å². The van der Waals surface area contributed by atoms with Crippen molar-refractivity contribution in [1.82, 2.24) is 9.91 Å². The first kappa shape index (κ1) is 31.5. The second-order valence-corrected chi connectivity index (χ2v) is 13.0. The monoisotopic (exact) mass is 675 g/mol. The Bertz CT molecular complexity index is 1920. The van der Waals surface area contributed by atoms with Crippen molar-refractivity contribution in [1.29, 1.82) is 0 Å². The van der Waals surface area contributed by atoms with Gasteiger partial charge in [0.15, 0.2) is 11.6 Å². The molecule has 3 aromatic carbocycles. The molecule has 0 radical (unpaired) electrons. The lowest BCUT2D eigenvalue weighted by Gasteiger charge is -2.50. The fourth-order valence-electron chi connectivity index (χ4n) is 8.26. The summed E-state index contributed by atoms with van der Waals surface area (Å²) in [5.41, 5.74) is 2.09. The van der Waals surface area contributed by atoms with Gasteiger partial charge in [-0.05, 0) is 66.8 Å². The van der Waals surface area contributed by atoms with E-state index in [1.165, 1.54) is 24.3 Å². The summed E-state index contributed by atoms with van der Waals surface area (Å²) >= 11 is 6.25. The zero-order valence-electron chi connectivity index (χ0n) is 25.1. The fraction of sp³-hybridized carbons (Fsp3) is 0.286. The number of imide groups is 2. The van der Waals surface area contributed by atoms with E-state index in [4.69, 9.17) is 11.6 Å². The number of aromatic hydroxyl groups is 1. The standard InChI is InChI=1S/C35H28ClF2N3O7/c36-18-6-4-17(5-7-18)35-25(32(46)41(34(35)48)39-20-10-8-19(37)9-11-20)16-24-21(29(35)23-2-1-3-26(38)30(23)44)12-13-22-28(24)33(47)40(31(22)45)15-14-27(42)43/h1-12,22,24-25,28-29,39,44H,13-16H2,(H,42,43)/t22-,24+,25-,28-,29+,35+/m0/s1. The molecule has 2 aliphatic carbocycles. The van der Waals surface area contributed by atoms with Crippen LogP contribution in [0.15, 0.2) is 78.4 Å². The van der Waals surface area contributed by atoms with E-state index < -0.39 is 88.4 Å². The maximum atomic E-state index is 15.1. The number of carbonyl (C=O) groups is 5. The van der Waals surface area contributed by atoms with Crippen LogP contribution in [0.5, 0.6) is 5.75 Å². The number of likely N-dealkylation sites (tertiary alicyclic amines) is 1. The van der Waals surface area contributed by atoms with Crippen molar-refractivity contribution in [3.05, 3.63) is 106 Å². The van der Waals surface area contributed by atoms with Crippen molar-refractivity contribution in [2.45, 2.75) is 30.6 Å². The van der Waals surface area contributed by atoms with Crippen LogP contribution in [0.25, 0.3) is 0 Å². The number of nitrogens with zero attached hydrogens (tertiary/aromatic N) is 2. The Balaban J connectivity index is 1.44. The van der Waals surface area contributed by atoms with Crippen molar-refractivity contribution in [3.63, 3.8) is 0 Å². The minimum Gasteiger partial charge on any atom is -0.505 e. The number of hydrogen-bond acceptors (Lipinski definition) is 7. The summed E-state index contributed by atoms with van der Waals surface area (Å²) in [5.74, 6) is -10.9. The van der Waals surface area contributed by atoms with Gasteiger partial charge in [-0.3, -0.25) is 34.3 Å². The summed E-state index contributed by atoms with van der Waals surface area (Å²) < 4.78 is 28.9. The summed E-state index contributed by atoms with van der Waals surface area (Å²) in [6.45, 7) is -0.318. The normalized spacial score (nSPS) is 27.8. The van der Waals surface area contributed by atoms with Gasteiger partial charge in [-0.2, -0.15) is 5.01 Å². The fourth-order valence-corrected chi connectivity index (χ4v) is 8.38. The quantitative estimate of drug-likeness (QED) is 0.240. The second-order valence-electron chi connectivity index (χ2n) is 12.5. The number of phenols is 1. The predicted octanol–water partition coefficient (Wildman–Crippen LogP) is 4.78. The molecule has 4 amide bonds. The average Bonchev–Trinajstić information content (AvgIpc) is 3.43. The van der Waals surface area contributed by atoms with Gasteiger partial charge in [0.05, 0.1) is 35.3 Å². The molecule has 2 saturated heterocycles. The molecule has 0 spiro atoms. The van der Waals surface area contributed by atoms with Crippen LogP contribution in [0.1, 0.15) is 36.3 Å². The summed E-state index contributed by atoms with van der Waals surface area (Å²) in [5, 5.41) is 21.6. The van der Waals surface area contributed by atoms with Crippen LogP contribution in [0.2, 0.25) is 5.02 Å². The number of halogens is 3. The number of amides is 4. The minimum atomic E-state index is -1.79. The van der Waals surface area contributed by atoms with Crippen molar-refractivity contribution in [2.75, 3.05) is 12.0 Å². The molecule has 4 aliphatic rings. The number of benzene rings is 3. The van der Waals surface area contributed by atoms with Gasteiger partial charge in [0.1, 0.15) is 5.82 Å². The van der Waals surface area contributed by atoms with E-state index in [1.54, 1.807) is 30.3 Å². The molecule has 0 unspecified atom stereocenters. The lowest BCUT2D eigenvalue weighted by atomic mass is 9.49. The molecule has 3 aromatic rings. The highest BCUT2D eigenvalue weighted by Gasteiger charge is 2.70. The maximum absolute atomic E-state index is 15.1. The Morgan fingerprint density at radius 1 is 0.938 bits per heavy atom. The maximum Gasteiger partial charge on any atom is 0.305 e. The van der Waals surface area contributed by atoms with Gasteiger partial charge < -0.3 is 10.2 Å². The van der Waals surface area contributed by atoms with E-state index in [1.807, 2.05) is 0 Å². The number of rotatable bonds is 7. The number of carbonyl (C=O) groups excluding carboxylic acids is 4. The van der Waals surface area contributed by atoms with Crippen LogP contribution in [0.3, 0.4) is 0 Å². The number of fused-ring (bicyclic) bond motifs is 4. The predicted molar refractivity (Wildman–Crippen MR) is 166 cm³/mol. The largest absolute Gasteiger partial charge is 0.505 e. The zero-order chi connectivity index (χ0) is 34.1. The first-order chi connectivity index (χ1) is 22.9. The Morgan fingerprint density at radius 3 is 2.33 bits per heavy atom. The van der Waals surface area contributed by atoms with E-state index in [2.05, 4.69) is 5.43 Å². The molecule has 2 aliphatic heterocycles. The minimum absolute atomic E-state index is 0.00800. The average molecular weight is 676 g/mol. The molecule has 246 valence electrons. The summed E-state index contributed by atoms with van der Waals surface area (Å²) in [4.78, 5) is 69.1. The number of para-hydroxylation sites is 1. The van der Waals surface area contributed by atoms with Gasteiger partial charge in [-0.15, -0.1) is 0 Å². The highest BCUT2D eigenvalue weighted by Crippen LogP contribution is 2.65. The number of aliphatic carboxylic acids is 1. The van der Waals surface area contributed by atoms with Gasteiger partial charge in [-0.25, -0.2) is 8.78 Å². The van der Waals surface area contributed by atoms with E-state index in [0.717, 1.165) is 28.1 Å².